The van der Waals surface area contributed by atoms with Gasteiger partial charge in [0.25, 0.3) is 0 Å². The van der Waals surface area contributed by atoms with E-state index in [0.29, 0.717) is 17.4 Å². The normalized spacial score (nSPS) is 11.4. The first-order valence-electron chi connectivity index (χ1n) is 12.4. The highest BCUT2D eigenvalue weighted by Gasteiger charge is 2.25. The molecule has 0 aliphatic heterocycles. The van der Waals surface area contributed by atoms with E-state index in [9.17, 15) is 0 Å². The van der Waals surface area contributed by atoms with Gasteiger partial charge in [-0.1, -0.05) is 103 Å². The number of benzene rings is 4. The molecule has 0 radical (unpaired) electrons. The van der Waals surface area contributed by atoms with Crippen molar-refractivity contribution in [3.8, 4) is 33.8 Å². The summed E-state index contributed by atoms with van der Waals surface area (Å²) in [5, 5.41) is 6.44. The van der Waals surface area contributed by atoms with Crippen molar-refractivity contribution in [1.82, 2.24) is 24.1 Å². The fourth-order valence-electron chi connectivity index (χ4n) is 5.06. The van der Waals surface area contributed by atoms with Gasteiger partial charge in [-0.3, -0.25) is 0 Å². The monoisotopic (exact) mass is 511 g/mol. The summed E-state index contributed by atoms with van der Waals surface area (Å²) in [6.07, 6.45) is 1.76. The SMILES string of the molecule is Clc1ccc(-c2nc3c4c(-c5ccccc5)c(-c5ccccc5)n(Cc5ccccc5)c4ncn3n2)cc1. The maximum Gasteiger partial charge on any atom is 0.182 e. The van der Waals surface area contributed by atoms with E-state index in [2.05, 4.69) is 77.4 Å². The molecule has 3 aromatic heterocycles. The average Bonchev–Trinajstić information content (AvgIpc) is 3.54. The molecule has 0 amide bonds. The standard InChI is InChI=1S/C32H22ClN5/c33-26-18-16-25(17-19-26)30-35-32-28-27(23-12-6-2-7-13-23)29(24-14-8-3-9-15-24)37(20-22-10-4-1-5-11-22)31(28)34-21-38(32)36-30/h1-19,21H,20H2. The molecule has 0 aliphatic carbocycles. The number of hydrogen-bond donors (Lipinski definition) is 0. The minimum absolute atomic E-state index is 0.632. The van der Waals surface area contributed by atoms with Gasteiger partial charge >= 0.3 is 0 Å². The molecule has 0 N–H and O–H groups in total. The first-order valence-corrected chi connectivity index (χ1v) is 12.8. The van der Waals surface area contributed by atoms with Crippen molar-refractivity contribution >= 4 is 28.3 Å². The molecule has 0 atom stereocenters. The Balaban J connectivity index is 1.59. The second-order valence-electron chi connectivity index (χ2n) is 9.18. The van der Waals surface area contributed by atoms with E-state index < -0.39 is 0 Å². The molecule has 0 saturated carbocycles. The minimum Gasteiger partial charge on any atom is -0.320 e. The lowest BCUT2D eigenvalue weighted by atomic mass is 9.99. The van der Waals surface area contributed by atoms with E-state index in [1.807, 2.05) is 42.5 Å². The molecule has 3 heterocycles. The van der Waals surface area contributed by atoms with E-state index in [-0.39, 0.29) is 0 Å². The molecule has 5 nitrogen and oxygen atoms in total. The Kier molecular flexibility index (Phi) is 5.49. The maximum atomic E-state index is 6.13. The Morgan fingerprint density at radius 1 is 0.632 bits per heavy atom. The molecule has 7 aromatic rings. The zero-order valence-corrected chi connectivity index (χ0v) is 21.1. The molecule has 0 fully saturated rings. The number of halogens is 1. The maximum absolute atomic E-state index is 6.13. The van der Waals surface area contributed by atoms with Gasteiger partial charge in [0.05, 0.1) is 11.1 Å². The van der Waals surface area contributed by atoms with E-state index in [1.165, 1.54) is 5.56 Å². The number of rotatable bonds is 5. The molecule has 0 aliphatic rings. The van der Waals surface area contributed by atoms with E-state index in [0.717, 1.165) is 44.6 Å². The van der Waals surface area contributed by atoms with Gasteiger partial charge in [-0.15, -0.1) is 5.10 Å². The Bertz CT molecular complexity index is 1870. The Labute approximate surface area is 224 Å². The summed E-state index contributed by atoms with van der Waals surface area (Å²) >= 11 is 6.13. The van der Waals surface area contributed by atoms with Gasteiger partial charge in [0, 0.05) is 22.7 Å². The number of aromatic nitrogens is 5. The van der Waals surface area contributed by atoms with Gasteiger partial charge in [-0.25, -0.2) is 14.5 Å². The van der Waals surface area contributed by atoms with Crippen molar-refractivity contribution in [3.05, 3.63) is 132 Å². The van der Waals surface area contributed by atoms with Crippen LogP contribution in [0, 0.1) is 0 Å². The van der Waals surface area contributed by atoms with Crippen LogP contribution in [0.15, 0.2) is 122 Å². The third-order valence-corrected chi connectivity index (χ3v) is 7.03. The van der Waals surface area contributed by atoms with Gasteiger partial charge in [-0.05, 0) is 41.0 Å². The van der Waals surface area contributed by atoms with Crippen LogP contribution in [0.1, 0.15) is 5.56 Å². The molecule has 6 heteroatoms. The lowest BCUT2D eigenvalue weighted by Crippen LogP contribution is -2.03. The molecule has 7 rings (SSSR count). The highest BCUT2D eigenvalue weighted by molar-refractivity contribution is 6.30. The van der Waals surface area contributed by atoms with E-state index >= 15 is 0 Å². The second-order valence-corrected chi connectivity index (χ2v) is 9.62. The first kappa shape index (κ1) is 22.5. The number of hydrogen-bond acceptors (Lipinski definition) is 3. The van der Waals surface area contributed by atoms with Crippen LogP contribution in [-0.2, 0) is 6.54 Å². The van der Waals surface area contributed by atoms with Gasteiger partial charge in [0.1, 0.15) is 12.0 Å². The van der Waals surface area contributed by atoms with Gasteiger partial charge < -0.3 is 4.57 Å². The summed E-state index contributed by atoms with van der Waals surface area (Å²) in [7, 11) is 0. The van der Waals surface area contributed by atoms with Crippen molar-refractivity contribution in [1.29, 1.82) is 0 Å². The quantitative estimate of drug-likeness (QED) is 0.237. The first-order chi connectivity index (χ1) is 18.8. The summed E-state index contributed by atoms with van der Waals surface area (Å²) in [4.78, 5) is 10.00. The predicted molar refractivity (Wildman–Crippen MR) is 153 cm³/mol. The molecule has 4 aromatic carbocycles. The van der Waals surface area contributed by atoms with Crippen molar-refractivity contribution in [2.24, 2.45) is 0 Å². The van der Waals surface area contributed by atoms with Crippen LogP contribution in [0.5, 0.6) is 0 Å². The van der Waals surface area contributed by atoms with E-state index in [1.54, 1.807) is 10.8 Å². The second kappa shape index (κ2) is 9.29. The molecular formula is C32H22ClN5. The highest BCUT2D eigenvalue weighted by Crippen LogP contribution is 2.42. The fourth-order valence-corrected chi connectivity index (χ4v) is 5.18. The summed E-state index contributed by atoms with van der Waals surface area (Å²) in [5.41, 5.74) is 8.16. The predicted octanol–water partition coefficient (Wildman–Crippen LogP) is 7.78. The largest absolute Gasteiger partial charge is 0.320 e. The van der Waals surface area contributed by atoms with Crippen LogP contribution in [0.4, 0.5) is 0 Å². The smallest absolute Gasteiger partial charge is 0.182 e. The number of fused-ring (bicyclic) bond motifs is 3. The summed E-state index contributed by atoms with van der Waals surface area (Å²) in [5.74, 6) is 0.632. The van der Waals surface area contributed by atoms with Crippen LogP contribution in [0.2, 0.25) is 5.02 Å². The van der Waals surface area contributed by atoms with Crippen molar-refractivity contribution in [2.75, 3.05) is 0 Å². The van der Waals surface area contributed by atoms with Crippen LogP contribution in [0.3, 0.4) is 0 Å². The zero-order valence-electron chi connectivity index (χ0n) is 20.4. The van der Waals surface area contributed by atoms with Crippen molar-refractivity contribution < 1.29 is 0 Å². The van der Waals surface area contributed by atoms with Gasteiger partial charge in [-0.2, -0.15) is 0 Å². The highest BCUT2D eigenvalue weighted by atomic mass is 35.5. The summed E-state index contributed by atoms with van der Waals surface area (Å²) in [6.45, 7) is 0.676. The summed E-state index contributed by atoms with van der Waals surface area (Å²) in [6, 6.07) is 39.1. The van der Waals surface area contributed by atoms with Crippen LogP contribution < -0.4 is 0 Å². The zero-order chi connectivity index (χ0) is 25.5. The third kappa shape index (κ3) is 3.85. The fraction of sp³-hybridized carbons (Fsp3) is 0.0312. The molecule has 182 valence electrons. The lowest BCUT2D eigenvalue weighted by Gasteiger charge is -2.13. The number of nitrogens with zero attached hydrogens (tertiary/aromatic N) is 5. The molecular weight excluding hydrogens is 490 g/mol. The lowest BCUT2D eigenvalue weighted by molar-refractivity contribution is 0.826. The van der Waals surface area contributed by atoms with Gasteiger partial charge in [0.15, 0.2) is 11.5 Å². The topological polar surface area (TPSA) is 48.0 Å². The molecule has 38 heavy (non-hydrogen) atoms. The Morgan fingerprint density at radius 3 is 1.95 bits per heavy atom. The molecule has 0 unspecified atom stereocenters. The molecule has 0 saturated heterocycles. The Morgan fingerprint density at radius 2 is 1.26 bits per heavy atom. The average molecular weight is 512 g/mol. The van der Waals surface area contributed by atoms with Crippen molar-refractivity contribution in [3.63, 3.8) is 0 Å². The third-order valence-electron chi connectivity index (χ3n) is 6.78. The Hall–Kier alpha value is -4.74. The van der Waals surface area contributed by atoms with Crippen LogP contribution in [-0.4, -0.2) is 24.1 Å². The molecule has 0 bridgehead atoms. The molecule has 0 spiro atoms. The van der Waals surface area contributed by atoms with Crippen LogP contribution >= 0.6 is 11.6 Å². The van der Waals surface area contributed by atoms with Gasteiger partial charge in [0.2, 0.25) is 0 Å². The minimum atomic E-state index is 0.632. The summed E-state index contributed by atoms with van der Waals surface area (Å²) < 4.78 is 4.08. The van der Waals surface area contributed by atoms with Crippen molar-refractivity contribution in [2.45, 2.75) is 6.54 Å². The van der Waals surface area contributed by atoms with E-state index in [4.69, 9.17) is 26.7 Å². The van der Waals surface area contributed by atoms with Crippen LogP contribution in [0.25, 0.3) is 50.5 Å².